The van der Waals surface area contributed by atoms with Crippen LogP contribution < -0.4 is 5.73 Å². The number of likely N-dealkylation sites (tertiary alicyclic amines) is 1. The van der Waals surface area contributed by atoms with Gasteiger partial charge in [-0.2, -0.15) is 0 Å². The number of primary amides is 1. The molecule has 1 amide bonds. The number of aliphatic hydroxyl groups is 1. The van der Waals surface area contributed by atoms with Gasteiger partial charge in [-0.05, 0) is 44.5 Å². The quantitative estimate of drug-likeness (QED) is 0.589. The number of rotatable bonds is 6. The van der Waals surface area contributed by atoms with Gasteiger partial charge in [0.25, 0.3) is 0 Å². The molecular formula is C19H25FN2O4. The lowest BCUT2D eigenvalue weighted by molar-refractivity contribution is -0.191. The van der Waals surface area contributed by atoms with E-state index in [1.165, 1.54) is 6.07 Å². The molecule has 2 aliphatic rings. The Kier molecular flexibility index (Phi) is 5.03. The zero-order chi connectivity index (χ0) is 18.9. The maximum atomic E-state index is 14.5. The zero-order valence-electron chi connectivity index (χ0n) is 15.0. The van der Waals surface area contributed by atoms with Crippen LogP contribution in [0.5, 0.6) is 0 Å². The highest BCUT2D eigenvalue weighted by Gasteiger charge is 2.63. The van der Waals surface area contributed by atoms with Gasteiger partial charge in [0.2, 0.25) is 5.91 Å². The number of nitrogens with zero attached hydrogens (tertiary/aromatic N) is 1. The molecule has 3 rings (SSSR count). The van der Waals surface area contributed by atoms with Crippen LogP contribution in [0.1, 0.15) is 43.7 Å². The molecule has 0 bridgehead atoms. The smallest absolute Gasteiger partial charge is 0.321 e. The van der Waals surface area contributed by atoms with E-state index in [0.717, 1.165) is 25.9 Å². The third-order valence-corrected chi connectivity index (χ3v) is 5.51. The molecule has 1 saturated heterocycles. The molecule has 0 radical (unpaired) electrons. The lowest BCUT2D eigenvalue weighted by Crippen LogP contribution is -2.60. The van der Waals surface area contributed by atoms with Gasteiger partial charge in [0.1, 0.15) is 5.82 Å². The van der Waals surface area contributed by atoms with Crippen molar-refractivity contribution < 1.29 is 23.8 Å². The van der Waals surface area contributed by atoms with E-state index in [9.17, 15) is 19.1 Å². The van der Waals surface area contributed by atoms with E-state index >= 15 is 0 Å². The van der Waals surface area contributed by atoms with Crippen molar-refractivity contribution in [1.82, 2.24) is 4.90 Å². The first kappa shape index (κ1) is 18.8. The molecular weight excluding hydrogens is 339 g/mol. The average Bonchev–Trinajstić information content (AvgIpc) is 3.06. The maximum absolute atomic E-state index is 14.5. The number of carbonyl (C=O) groups is 2. The summed E-state index contributed by atoms with van der Waals surface area (Å²) in [6.45, 7) is 4.22. The molecule has 1 aliphatic heterocycles. The van der Waals surface area contributed by atoms with Crippen LogP contribution in [0.4, 0.5) is 4.39 Å². The van der Waals surface area contributed by atoms with Crippen LogP contribution in [0, 0.1) is 11.2 Å². The van der Waals surface area contributed by atoms with Crippen LogP contribution in [0.25, 0.3) is 0 Å². The van der Waals surface area contributed by atoms with Crippen LogP contribution in [0.3, 0.4) is 0 Å². The van der Waals surface area contributed by atoms with Gasteiger partial charge in [0.05, 0.1) is 12.2 Å². The highest BCUT2D eigenvalue weighted by molar-refractivity contribution is 6.03. The Hall–Kier alpha value is -1.99. The summed E-state index contributed by atoms with van der Waals surface area (Å²) in [7, 11) is 0. The van der Waals surface area contributed by atoms with Gasteiger partial charge < -0.3 is 15.6 Å². The number of esters is 1. The van der Waals surface area contributed by atoms with Crippen molar-refractivity contribution >= 4 is 11.9 Å². The molecule has 1 aromatic rings. The zero-order valence-corrected chi connectivity index (χ0v) is 15.0. The van der Waals surface area contributed by atoms with Gasteiger partial charge in [-0.15, -0.1) is 0 Å². The van der Waals surface area contributed by atoms with Gasteiger partial charge in [0, 0.05) is 24.9 Å². The Morgan fingerprint density at radius 2 is 1.96 bits per heavy atom. The molecule has 7 heteroatoms. The molecule has 0 atom stereocenters. The van der Waals surface area contributed by atoms with Crippen molar-refractivity contribution in [2.45, 2.75) is 44.8 Å². The monoisotopic (exact) mass is 364 g/mol. The number of benzene rings is 1. The number of amides is 1. The topological polar surface area (TPSA) is 92.9 Å². The molecule has 1 aliphatic carbocycles. The summed E-state index contributed by atoms with van der Waals surface area (Å²) in [4.78, 5) is 26.1. The predicted molar refractivity (Wildman–Crippen MR) is 92.3 cm³/mol. The Morgan fingerprint density at radius 3 is 2.50 bits per heavy atom. The van der Waals surface area contributed by atoms with Gasteiger partial charge in [-0.25, -0.2) is 4.39 Å². The van der Waals surface area contributed by atoms with Crippen molar-refractivity contribution in [2.75, 3.05) is 19.7 Å². The maximum Gasteiger partial charge on any atom is 0.321 e. The number of hydrogen-bond donors (Lipinski definition) is 2. The number of carbonyl (C=O) groups excluding carboxylic acids is 2. The fourth-order valence-electron chi connectivity index (χ4n) is 3.99. The van der Waals surface area contributed by atoms with E-state index in [1.807, 2.05) is 0 Å². The van der Waals surface area contributed by atoms with Crippen molar-refractivity contribution in [3.05, 3.63) is 35.1 Å². The Labute approximate surface area is 152 Å². The number of halogens is 1. The highest BCUT2D eigenvalue weighted by atomic mass is 19.1. The summed E-state index contributed by atoms with van der Waals surface area (Å²) in [6.07, 6.45) is 1.86. The van der Waals surface area contributed by atoms with E-state index in [1.54, 1.807) is 19.1 Å². The normalized spacial score (nSPS) is 28.6. The van der Waals surface area contributed by atoms with Crippen LogP contribution in [-0.4, -0.2) is 41.6 Å². The van der Waals surface area contributed by atoms with Crippen LogP contribution in [-0.2, 0) is 26.5 Å². The van der Waals surface area contributed by atoms with Gasteiger partial charge in [0.15, 0.2) is 5.41 Å². The van der Waals surface area contributed by atoms with Crippen molar-refractivity contribution in [3.63, 3.8) is 0 Å². The summed E-state index contributed by atoms with van der Waals surface area (Å²) in [5.74, 6) is -1.95. The molecule has 0 spiro atoms. The van der Waals surface area contributed by atoms with Crippen LogP contribution in [0.15, 0.2) is 18.2 Å². The second-order valence-corrected chi connectivity index (χ2v) is 7.34. The van der Waals surface area contributed by atoms with Crippen LogP contribution in [0.2, 0.25) is 0 Å². The number of ether oxygens (including phenoxy) is 1. The minimum Gasteiger partial charge on any atom is -0.465 e. The second-order valence-electron chi connectivity index (χ2n) is 7.34. The lowest BCUT2D eigenvalue weighted by atomic mass is 9.56. The van der Waals surface area contributed by atoms with E-state index in [0.29, 0.717) is 17.7 Å². The third kappa shape index (κ3) is 3.21. The molecule has 142 valence electrons. The Morgan fingerprint density at radius 1 is 1.31 bits per heavy atom. The van der Waals surface area contributed by atoms with Gasteiger partial charge in [-0.1, -0.05) is 12.1 Å². The largest absolute Gasteiger partial charge is 0.465 e. The SMILES string of the molecule is CCOC(=O)C1(C(N)=O)CC(O)(c2ccc(CN3CCCC3)c(F)c2)C1. The van der Waals surface area contributed by atoms with Crippen molar-refractivity contribution in [1.29, 1.82) is 0 Å². The van der Waals surface area contributed by atoms with Gasteiger partial charge in [-0.3, -0.25) is 14.5 Å². The van der Waals surface area contributed by atoms with E-state index in [2.05, 4.69) is 4.90 Å². The van der Waals surface area contributed by atoms with Crippen molar-refractivity contribution in [2.24, 2.45) is 11.1 Å². The van der Waals surface area contributed by atoms with Crippen molar-refractivity contribution in [3.8, 4) is 0 Å². The van der Waals surface area contributed by atoms with E-state index in [4.69, 9.17) is 10.5 Å². The second kappa shape index (κ2) is 6.96. The van der Waals surface area contributed by atoms with Gasteiger partial charge >= 0.3 is 5.97 Å². The summed E-state index contributed by atoms with van der Waals surface area (Å²) in [5, 5.41) is 10.8. The molecule has 26 heavy (non-hydrogen) atoms. The average molecular weight is 364 g/mol. The first-order chi connectivity index (χ1) is 12.3. The fraction of sp³-hybridized carbons (Fsp3) is 0.579. The summed E-state index contributed by atoms with van der Waals surface area (Å²) < 4.78 is 19.4. The minimum absolute atomic E-state index is 0.117. The molecule has 1 aromatic carbocycles. The summed E-state index contributed by atoms with van der Waals surface area (Å²) >= 11 is 0. The third-order valence-electron chi connectivity index (χ3n) is 5.51. The molecule has 6 nitrogen and oxygen atoms in total. The minimum atomic E-state index is -1.55. The first-order valence-corrected chi connectivity index (χ1v) is 9.01. The van der Waals surface area contributed by atoms with E-state index in [-0.39, 0.29) is 19.4 Å². The standard InChI is InChI=1S/C19H25FN2O4/c1-2-26-17(24)18(16(21)23)11-19(25,12-18)14-6-5-13(15(20)9-14)10-22-7-3-4-8-22/h5-6,9,25H,2-4,7-8,10-12H2,1H3,(H2,21,23). The Bertz CT molecular complexity index is 709. The fourth-order valence-corrected chi connectivity index (χ4v) is 3.99. The molecule has 1 heterocycles. The van der Waals surface area contributed by atoms with E-state index < -0.39 is 28.7 Å². The summed E-state index contributed by atoms with van der Waals surface area (Å²) in [6, 6.07) is 4.61. The molecule has 0 aromatic heterocycles. The number of nitrogens with two attached hydrogens (primary N) is 1. The molecule has 1 saturated carbocycles. The lowest BCUT2D eigenvalue weighted by Gasteiger charge is -2.49. The molecule has 2 fully saturated rings. The predicted octanol–water partition coefficient (Wildman–Crippen LogP) is 1.44. The molecule has 0 unspecified atom stereocenters. The first-order valence-electron chi connectivity index (χ1n) is 9.01. The number of hydrogen-bond acceptors (Lipinski definition) is 5. The molecule has 3 N–H and O–H groups in total. The van der Waals surface area contributed by atoms with Crippen LogP contribution >= 0.6 is 0 Å². The highest BCUT2D eigenvalue weighted by Crippen LogP contribution is 2.54. The Balaban J connectivity index is 1.76. The summed E-state index contributed by atoms with van der Waals surface area (Å²) in [5.41, 5.74) is 3.29.